The summed E-state index contributed by atoms with van der Waals surface area (Å²) in [5.74, 6) is -0.188. The van der Waals surface area contributed by atoms with Crippen LogP contribution < -0.4 is 0 Å². The molecule has 1 saturated heterocycles. The predicted molar refractivity (Wildman–Crippen MR) is 85.0 cm³/mol. The zero-order chi connectivity index (χ0) is 15.9. The van der Waals surface area contributed by atoms with Gasteiger partial charge in [-0.2, -0.15) is 0 Å². The molecular formula is C15H16ClNO4S. The summed E-state index contributed by atoms with van der Waals surface area (Å²) in [6, 6.07) is 6.74. The lowest BCUT2D eigenvalue weighted by Crippen LogP contribution is -2.40. The van der Waals surface area contributed by atoms with E-state index in [1.54, 1.807) is 36.1 Å². The monoisotopic (exact) mass is 341 g/mol. The van der Waals surface area contributed by atoms with E-state index in [1.807, 2.05) is 0 Å². The Bertz CT molecular complexity index is 827. The van der Waals surface area contributed by atoms with Crippen molar-refractivity contribution in [1.82, 2.24) is 4.90 Å². The molecule has 7 heteroatoms. The van der Waals surface area contributed by atoms with E-state index in [0.29, 0.717) is 29.5 Å². The van der Waals surface area contributed by atoms with Crippen molar-refractivity contribution >= 4 is 38.3 Å². The van der Waals surface area contributed by atoms with E-state index in [2.05, 4.69) is 0 Å². The van der Waals surface area contributed by atoms with E-state index < -0.39 is 9.84 Å². The van der Waals surface area contributed by atoms with E-state index in [1.165, 1.54) is 0 Å². The molecule has 5 nitrogen and oxygen atoms in total. The van der Waals surface area contributed by atoms with Gasteiger partial charge in [0.05, 0.1) is 11.5 Å². The molecule has 3 rings (SSSR count). The molecule has 1 aromatic heterocycles. The van der Waals surface area contributed by atoms with Gasteiger partial charge in [0.2, 0.25) is 5.22 Å². The zero-order valence-electron chi connectivity index (χ0n) is 12.1. The van der Waals surface area contributed by atoms with E-state index in [4.69, 9.17) is 16.0 Å². The van der Waals surface area contributed by atoms with Gasteiger partial charge in [0, 0.05) is 18.0 Å². The molecule has 1 atom stereocenters. The number of para-hydroxylation sites is 1. The summed E-state index contributed by atoms with van der Waals surface area (Å²) < 4.78 is 29.1. The smallest absolute Gasteiger partial charge is 0.259 e. The second-order valence-electron chi connectivity index (χ2n) is 5.56. The number of fused-ring (bicyclic) bond motifs is 1. The Balaban J connectivity index is 2.00. The Hall–Kier alpha value is -1.53. The van der Waals surface area contributed by atoms with Gasteiger partial charge in [-0.05, 0) is 31.0 Å². The molecule has 1 aromatic carbocycles. The Kier molecular flexibility index (Phi) is 3.91. The minimum Gasteiger partial charge on any atom is -0.444 e. The number of nitrogens with zero attached hydrogens (tertiary/aromatic N) is 1. The first kappa shape index (κ1) is 15.4. The van der Waals surface area contributed by atoms with Crippen LogP contribution in [0.3, 0.4) is 0 Å². The average Bonchev–Trinajstić information content (AvgIpc) is 2.70. The molecule has 1 fully saturated rings. The largest absolute Gasteiger partial charge is 0.444 e. The molecule has 22 heavy (non-hydrogen) atoms. The second kappa shape index (κ2) is 5.59. The molecule has 1 unspecified atom stereocenters. The van der Waals surface area contributed by atoms with Crippen molar-refractivity contribution in [3.05, 3.63) is 35.0 Å². The van der Waals surface area contributed by atoms with Gasteiger partial charge in [-0.25, -0.2) is 8.42 Å². The number of hydrogen-bond acceptors (Lipinski definition) is 4. The third-order valence-corrected chi connectivity index (χ3v) is 6.08. The first-order valence-electron chi connectivity index (χ1n) is 7.07. The fourth-order valence-electron chi connectivity index (χ4n) is 2.88. The number of rotatable bonds is 1. The van der Waals surface area contributed by atoms with Crippen LogP contribution in [0.1, 0.15) is 23.7 Å². The molecule has 0 N–H and O–H groups in total. The normalized spacial score (nSPS) is 21.7. The van der Waals surface area contributed by atoms with Gasteiger partial charge < -0.3 is 9.32 Å². The topological polar surface area (TPSA) is 67.6 Å². The summed E-state index contributed by atoms with van der Waals surface area (Å²) in [7, 11) is -3.11. The fraction of sp³-hybridized carbons (Fsp3) is 0.400. The summed E-state index contributed by atoms with van der Waals surface area (Å²) in [4.78, 5) is 14.4. The molecule has 1 aliphatic heterocycles. The number of sulfone groups is 1. The van der Waals surface area contributed by atoms with Crippen molar-refractivity contribution in [2.24, 2.45) is 0 Å². The third-order valence-electron chi connectivity index (χ3n) is 3.91. The molecule has 1 amide bonds. The molecule has 2 aromatic rings. The highest BCUT2D eigenvalue weighted by Gasteiger charge is 2.32. The van der Waals surface area contributed by atoms with Gasteiger partial charge in [-0.3, -0.25) is 4.79 Å². The van der Waals surface area contributed by atoms with Crippen LogP contribution in [0.2, 0.25) is 5.22 Å². The Labute approximate surface area is 133 Å². The van der Waals surface area contributed by atoms with Crippen molar-refractivity contribution in [2.45, 2.75) is 19.4 Å². The average molecular weight is 342 g/mol. The lowest BCUT2D eigenvalue weighted by atomic mass is 10.1. The van der Waals surface area contributed by atoms with Gasteiger partial charge in [0.1, 0.15) is 11.1 Å². The van der Waals surface area contributed by atoms with Crippen molar-refractivity contribution in [1.29, 1.82) is 0 Å². The van der Waals surface area contributed by atoms with Crippen LogP contribution >= 0.6 is 11.6 Å². The highest BCUT2D eigenvalue weighted by molar-refractivity contribution is 7.91. The van der Waals surface area contributed by atoms with E-state index in [0.717, 1.165) is 0 Å². The van der Waals surface area contributed by atoms with Crippen LogP contribution in [0.5, 0.6) is 0 Å². The maximum atomic E-state index is 12.9. The first-order valence-corrected chi connectivity index (χ1v) is 9.27. The number of benzene rings is 1. The maximum absolute atomic E-state index is 12.9. The maximum Gasteiger partial charge on any atom is 0.259 e. The Morgan fingerprint density at radius 3 is 2.86 bits per heavy atom. The van der Waals surface area contributed by atoms with Gasteiger partial charge in [0.25, 0.3) is 5.91 Å². The van der Waals surface area contributed by atoms with E-state index >= 15 is 0 Å². The van der Waals surface area contributed by atoms with Crippen LogP contribution in [0.25, 0.3) is 11.0 Å². The van der Waals surface area contributed by atoms with E-state index in [9.17, 15) is 13.2 Å². The highest BCUT2D eigenvalue weighted by atomic mass is 35.5. The molecule has 0 spiro atoms. The highest BCUT2D eigenvalue weighted by Crippen LogP contribution is 2.31. The predicted octanol–water partition coefficient (Wildman–Crippen LogP) is 2.74. The molecule has 0 saturated carbocycles. The number of furan rings is 1. The van der Waals surface area contributed by atoms with Crippen LogP contribution in [0, 0.1) is 0 Å². The van der Waals surface area contributed by atoms with Crippen molar-refractivity contribution in [3.63, 3.8) is 0 Å². The molecular weight excluding hydrogens is 326 g/mol. The van der Waals surface area contributed by atoms with Crippen LogP contribution in [0.15, 0.2) is 28.7 Å². The number of amides is 1. The summed E-state index contributed by atoms with van der Waals surface area (Å²) in [6.07, 6.45) is 0.436. The molecule has 1 aliphatic rings. The van der Waals surface area contributed by atoms with Crippen LogP contribution in [-0.2, 0) is 9.84 Å². The first-order chi connectivity index (χ1) is 10.4. The molecule has 0 bridgehead atoms. The van der Waals surface area contributed by atoms with Crippen LogP contribution in [0.4, 0.5) is 0 Å². The quantitative estimate of drug-likeness (QED) is 0.799. The Morgan fingerprint density at radius 1 is 1.36 bits per heavy atom. The summed E-state index contributed by atoms with van der Waals surface area (Å²) in [6.45, 7) is 2.14. The van der Waals surface area contributed by atoms with Gasteiger partial charge >= 0.3 is 0 Å². The minimum atomic E-state index is -3.11. The molecule has 2 heterocycles. The summed E-state index contributed by atoms with van der Waals surface area (Å²) >= 11 is 6.09. The van der Waals surface area contributed by atoms with Crippen molar-refractivity contribution in [2.75, 3.05) is 18.1 Å². The third kappa shape index (κ3) is 2.73. The number of halogens is 1. The number of hydrogen-bond donors (Lipinski definition) is 0. The van der Waals surface area contributed by atoms with E-state index in [-0.39, 0.29) is 28.7 Å². The second-order valence-corrected chi connectivity index (χ2v) is 8.13. The van der Waals surface area contributed by atoms with Gasteiger partial charge in [-0.1, -0.05) is 18.2 Å². The number of carbonyl (C=O) groups is 1. The lowest BCUT2D eigenvalue weighted by Gasteiger charge is -2.26. The van der Waals surface area contributed by atoms with Gasteiger partial charge in [-0.15, -0.1) is 0 Å². The summed E-state index contributed by atoms with van der Waals surface area (Å²) in [5.41, 5.74) is 0.856. The number of carbonyl (C=O) groups excluding carboxylic acids is 1. The molecule has 0 radical (unpaired) electrons. The standard InChI is InChI=1S/C15H16ClNO4S/c1-10-9-22(19,20)8-4-7-17(10)15(18)13-11-5-2-3-6-12(11)21-14(13)16/h2-3,5-6,10H,4,7-9H2,1H3. The van der Waals surface area contributed by atoms with Gasteiger partial charge in [0.15, 0.2) is 9.84 Å². The zero-order valence-corrected chi connectivity index (χ0v) is 13.7. The van der Waals surface area contributed by atoms with Crippen LogP contribution in [-0.4, -0.2) is 43.3 Å². The molecule has 118 valence electrons. The Morgan fingerprint density at radius 2 is 2.09 bits per heavy atom. The SMILES string of the molecule is CC1CS(=O)(=O)CCCN1C(=O)c1c(Cl)oc2ccccc12. The van der Waals surface area contributed by atoms with Crippen molar-refractivity contribution in [3.8, 4) is 0 Å². The molecule has 0 aliphatic carbocycles. The minimum absolute atomic E-state index is 0.0217. The fourth-order valence-corrected chi connectivity index (χ4v) is 4.79. The van der Waals surface area contributed by atoms with Crippen molar-refractivity contribution < 1.29 is 17.6 Å². The summed E-state index contributed by atoms with van der Waals surface area (Å²) in [5, 5.41) is 0.697. The lowest BCUT2D eigenvalue weighted by molar-refractivity contribution is 0.0714.